The largest absolute Gasteiger partial charge is 0.481 e. The number of amides is 2. The van der Waals surface area contributed by atoms with Crippen LogP contribution in [0.15, 0.2) is 12.1 Å². The smallest absolute Gasteiger partial charge is 0.308 e. The number of likely N-dealkylation sites (N-methyl/N-ethyl adjacent to an activating group) is 1. The number of rotatable bonds is 4. The van der Waals surface area contributed by atoms with Crippen molar-refractivity contribution in [3.8, 4) is 0 Å². The molecule has 8 heteroatoms. The van der Waals surface area contributed by atoms with Crippen molar-refractivity contribution in [1.29, 1.82) is 0 Å². The molecule has 1 aliphatic rings. The highest BCUT2D eigenvalue weighted by molar-refractivity contribution is 7.17. The zero-order valence-corrected chi connectivity index (χ0v) is 13.7. The van der Waals surface area contributed by atoms with E-state index in [2.05, 4.69) is 0 Å². The Morgan fingerprint density at radius 1 is 1.45 bits per heavy atom. The van der Waals surface area contributed by atoms with Crippen LogP contribution >= 0.6 is 22.9 Å². The maximum Gasteiger partial charge on any atom is 0.308 e. The summed E-state index contributed by atoms with van der Waals surface area (Å²) in [7, 11) is 1.55. The lowest BCUT2D eigenvalue weighted by Gasteiger charge is -2.31. The first kappa shape index (κ1) is 16.8. The Balaban J connectivity index is 1.93. The lowest BCUT2D eigenvalue weighted by Crippen LogP contribution is -2.46. The monoisotopic (exact) mass is 344 g/mol. The van der Waals surface area contributed by atoms with E-state index < -0.39 is 11.9 Å². The van der Waals surface area contributed by atoms with Crippen LogP contribution in [0.5, 0.6) is 0 Å². The number of carboxylic acids is 1. The summed E-state index contributed by atoms with van der Waals surface area (Å²) in [5.41, 5.74) is 0. The molecule has 120 valence electrons. The number of carboxylic acid groups (broad SMARTS) is 1. The molecule has 0 saturated carbocycles. The first-order valence-corrected chi connectivity index (χ1v) is 8.09. The number of halogens is 1. The minimum Gasteiger partial charge on any atom is -0.481 e. The van der Waals surface area contributed by atoms with Gasteiger partial charge in [-0.3, -0.25) is 14.4 Å². The van der Waals surface area contributed by atoms with Crippen LogP contribution in [0.4, 0.5) is 0 Å². The van der Waals surface area contributed by atoms with Crippen LogP contribution in [0, 0.1) is 5.92 Å². The zero-order valence-electron chi connectivity index (χ0n) is 12.1. The van der Waals surface area contributed by atoms with Gasteiger partial charge in [-0.25, -0.2) is 0 Å². The SMILES string of the molecule is CN(CC(=O)N1CCC[C@H](C(=O)O)C1)C(=O)c1ccc(Cl)s1. The van der Waals surface area contributed by atoms with Crippen LogP contribution in [0.25, 0.3) is 0 Å². The van der Waals surface area contributed by atoms with Crippen LogP contribution in [0.3, 0.4) is 0 Å². The average molecular weight is 345 g/mol. The minimum absolute atomic E-state index is 0.0688. The van der Waals surface area contributed by atoms with Gasteiger partial charge in [0.15, 0.2) is 0 Å². The van der Waals surface area contributed by atoms with Crippen LogP contribution in [0.2, 0.25) is 4.34 Å². The summed E-state index contributed by atoms with van der Waals surface area (Å²) in [6.07, 6.45) is 1.25. The molecule has 2 amide bonds. The molecule has 0 spiro atoms. The fourth-order valence-electron chi connectivity index (χ4n) is 2.40. The Bertz CT molecular complexity index is 589. The number of thiophene rings is 1. The number of hydrogen-bond acceptors (Lipinski definition) is 4. The lowest BCUT2D eigenvalue weighted by molar-refractivity contribution is -0.145. The maximum absolute atomic E-state index is 12.2. The molecule has 0 aromatic carbocycles. The molecule has 0 radical (unpaired) electrons. The van der Waals surface area contributed by atoms with Crippen LogP contribution < -0.4 is 0 Å². The topological polar surface area (TPSA) is 77.9 Å². The van der Waals surface area contributed by atoms with Gasteiger partial charge >= 0.3 is 5.97 Å². The number of nitrogens with zero attached hydrogens (tertiary/aromatic N) is 2. The normalized spacial score (nSPS) is 18.1. The van der Waals surface area contributed by atoms with Gasteiger partial charge in [-0.1, -0.05) is 11.6 Å². The molecule has 1 N–H and O–H groups in total. The quantitative estimate of drug-likeness (QED) is 0.903. The number of likely N-dealkylation sites (tertiary alicyclic amines) is 1. The van der Waals surface area contributed by atoms with Crippen molar-refractivity contribution in [2.45, 2.75) is 12.8 Å². The van der Waals surface area contributed by atoms with E-state index in [1.165, 1.54) is 9.80 Å². The Kier molecular flexibility index (Phi) is 5.42. The molecular weight excluding hydrogens is 328 g/mol. The van der Waals surface area contributed by atoms with Gasteiger partial charge in [-0.05, 0) is 25.0 Å². The van der Waals surface area contributed by atoms with Crippen molar-refractivity contribution in [3.63, 3.8) is 0 Å². The van der Waals surface area contributed by atoms with Crippen molar-refractivity contribution in [3.05, 3.63) is 21.3 Å². The van der Waals surface area contributed by atoms with Crippen LogP contribution in [-0.4, -0.2) is 59.4 Å². The molecule has 1 atom stereocenters. The summed E-state index contributed by atoms with van der Waals surface area (Å²) in [4.78, 5) is 38.7. The highest BCUT2D eigenvalue weighted by Gasteiger charge is 2.29. The van der Waals surface area contributed by atoms with Gasteiger partial charge in [-0.15, -0.1) is 11.3 Å². The molecule has 1 fully saturated rings. The lowest BCUT2D eigenvalue weighted by atomic mass is 9.98. The number of piperidine rings is 1. The molecule has 22 heavy (non-hydrogen) atoms. The van der Waals surface area contributed by atoms with Gasteiger partial charge in [0.05, 0.1) is 21.7 Å². The summed E-state index contributed by atoms with van der Waals surface area (Å²) in [5, 5.41) is 9.05. The third kappa shape index (κ3) is 3.98. The van der Waals surface area contributed by atoms with Crippen LogP contribution in [0.1, 0.15) is 22.5 Å². The summed E-state index contributed by atoms with van der Waals surface area (Å²) < 4.78 is 0.517. The summed E-state index contributed by atoms with van der Waals surface area (Å²) in [6.45, 7) is 0.678. The van der Waals surface area contributed by atoms with E-state index >= 15 is 0 Å². The van der Waals surface area contributed by atoms with Gasteiger partial charge in [0.2, 0.25) is 5.91 Å². The highest BCUT2D eigenvalue weighted by atomic mass is 35.5. The molecule has 1 aromatic heterocycles. The van der Waals surface area contributed by atoms with Gasteiger partial charge in [-0.2, -0.15) is 0 Å². The van der Waals surface area contributed by atoms with Gasteiger partial charge < -0.3 is 14.9 Å². The molecular formula is C14H17ClN2O4S. The van der Waals surface area contributed by atoms with E-state index in [1.54, 1.807) is 19.2 Å². The molecule has 6 nitrogen and oxygen atoms in total. The summed E-state index contributed by atoms with van der Waals surface area (Å²) in [6, 6.07) is 3.26. The van der Waals surface area contributed by atoms with E-state index in [4.69, 9.17) is 16.7 Å². The molecule has 1 saturated heterocycles. The molecule has 0 unspecified atom stereocenters. The Morgan fingerprint density at radius 3 is 2.77 bits per heavy atom. The first-order chi connectivity index (χ1) is 10.4. The average Bonchev–Trinajstić information content (AvgIpc) is 2.93. The fraction of sp³-hybridized carbons (Fsp3) is 0.500. The second kappa shape index (κ2) is 7.11. The van der Waals surface area contributed by atoms with Gasteiger partial charge in [0.25, 0.3) is 5.91 Å². The summed E-state index contributed by atoms with van der Waals surface area (Å²) >= 11 is 6.96. The minimum atomic E-state index is -0.879. The molecule has 0 bridgehead atoms. The highest BCUT2D eigenvalue weighted by Crippen LogP contribution is 2.22. The molecule has 1 aliphatic heterocycles. The second-order valence-corrected chi connectivity index (χ2v) is 7.00. The third-order valence-electron chi connectivity index (χ3n) is 3.63. The third-order valence-corrected chi connectivity index (χ3v) is 4.85. The van der Waals surface area contributed by atoms with Crippen molar-refractivity contribution < 1.29 is 19.5 Å². The molecule has 2 heterocycles. The molecule has 1 aromatic rings. The van der Waals surface area contributed by atoms with Gasteiger partial charge in [0.1, 0.15) is 0 Å². The Hall–Kier alpha value is -1.60. The number of hydrogen-bond donors (Lipinski definition) is 1. The summed E-state index contributed by atoms with van der Waals surface area (Å²) in [5.74, 6) is -1.90. The molecule has 2 rings (SSSR count). The number of carbonyl (C=O) groups is 3. The Labute approximate surface area is 137 Å². The fourth-order valence-corrected chi connectivity index (χ4v) is 3.44. The van der Waals surface area contributed by atoms with Gasteiger partial charge in [0, 0.05) is 20.1 Å². The van der Waals surface area contributed by atoms with Crippen molar-refractivity contribution in [2.24, 2.45) is 5.92 Å². The van der Waals surface area contributed by atoms with Crippen molar-refractivity contribution in [1.82, 2.24) is 9.80 Å². The zero-order chi connectivity index (χ0) is 16.3. The molecule has 0 aliphatic carbocycles. The number of aliphatic carboxylic acids is 1. The predicted octanol–water partition coefficient (Wildman–Crippen LogP) is 1.80. The van der Waals surface area contributed by atoms with Crippen molar-refractivity contribution >= 4 is 40.7 Å². The second-order valence-electron chi connectivity index (χ2n) is 5.28. The number of carbonyl (C=O) groups excluding carboxylic acids is 2. The van der Waals surface area contributed by atoms with E-state index in [0.717, 1.165) is 11.3 Å². The van der Waals surface area contributed by atoms with E-state index in [1.807, 2.05) is 0 Å². The van der Waals surface area contributed by atoms with Crippen LogP contribution in [-0.2, 0) is 9.59 Å². The van der Waals surface area contributed by atoms with E-state index in [-0.39, 0.29) is 24.9 Å². The Morgan fingerprint density at radius 2 is 2.18 bits per heavy atom. The van der Waals surface area contributed by atoms with E-state index in [9.17, 15) is 14.4 Å². The predicted molar refractivity (Wildman–Crippen MR) is 83.2 cm³/mol. The van der Waals surface area contributed by atoms with E-state index in [0.29, 0.717) is 28.6 Å². The van der Waals surface area contributed by atoms with Crippen molar-refractivity contribution in [2.75, 3.05) is 26.7 Å². The standard InChI is InChI=1S/C14H17ClN2O4S/c1-16(13(19)10-4-5-11(15)22-10)8-12(18)17-6-2-3-9(7-17)14(20)21/h4-5,9H,2-3,6-8H2,1H3,(H,20,21)/t9-/m0/s1. The first-order valence-electron chi connectivity index (χ1n) is 6.90. The maximum atomic E-state index is 12.2.